The summed E-state index contributed by atoms with van der Waals surface area (Å²) in [7, 11) is 1.55. The van der Waals surface area contributed by atoms with Gasteiger partial charge in [0.1, 0.15) is 18.1 Å². The molecule has 7 nitrogen and oxygen atoms in total. The molecule has 1 saturated heterocycles. The second-order valence-corrected chi connectivity index (χ2v) is 7.29. The topological polar surface area (TPSA) is 74.3 Å². The maximum Gasteiger partial charge on any atom is 0.311 e. The summed E-state index contributed by atoms with van der Waals surface area (Å²) in [5.41, 5.74) is 2.14. The molecule has 2 aromatic rings. The molecule has 4 rings (SSSR count). The van der Waals surface area contributed by atoms with Crippen molar-refractivity contribution in [2.75, 3.05) is 25.3 Å². The van der Waals surface area contributed by atoms with E-state index in [0.717, 1.165) is 5.56 Å². The van der Waals surface area contributed by atoms with E-state index in [1.807, 2.05) is 12.1 Å². The lowest BCUT2D eigenvalue weighted by Gasteiger charge is -2.21. The second-order valence-electron chi connectivity index (χ2n) is 6.85. The van der Waals surface area contributed by atoms with Gasteiger partial charge in [-0.25, -0.2) is 0 Å². The first-order chi connectivity index (χ1) is 14.1. The Balaban J connectivity index is 1.44. The number of ether oxygens (including phenoxy) is 4. The van der Waals surface area contributed by atoms with E-state index in [4.69, 9.17) is 30.5 Å². The summed E-state index contributed by atoms with van der Waals surface area (Å²) < 4.78 is 21.6. The molecule has 1 atom stereocenters. The van der Waals surface area contributed by atoms with Crippen molar-refractivity contribution in [2.45, 2.75) is 19.6 Å². The Morgan fingerprint density at radius 1 is 1.31 bits per heavy atom. The van der Waals surface area contributed by atoms with Crippen LogP contribution in [-0.2, 0) is 32.3 Å². The molecule has 0 spiro atoms. The molecule has 0 unspecified atom stereocenters. The molecule has 0 N–H and O–H groups in total. The number of carbonyl (C=O) groups is 2. The smallest absolute Gasteiger partial charge is 0.311 e. The predicted octanol–water partition coefficient (Wildman–Crippen LogP) is 3.31. The number of para-hydroxylation sites is 2. The highest BCUT2D eigenvalue weighted by Crippen LogP contribution is 2.34. The second kappa shape index (κ2) is 8.31. The van der Waals surface area contributed by atoms with Gasteiger partial charge in [-0.1, -0.05) is 23.7 Å². The number of anilines is 1. The van der Waals surface area contributed by atoms with Crippen molar-refractivity contribution in [1.29, 1.82) is 0 Å². The van der Waals surface area contributed by atoms with E-state index >= 15 is 0 Å². The van der Waals surface area contributed by atoms with Crippen molar-refractivity contribution in [3.05, 3.63) is 52.5 Å². The zero-order valence-electron chi connectivity index (χ0n) is 15.9. The number of amides is 1. The van der Waals surface area contributed by atoms with Crippen LogP contribution in [0.2, 0.25) is 5.02 Å². The van der Waals surface area contributed by atoms with Crippen molar-refractivity contribution in [2.24, 2.45) is 5.92 Å². The fraction of sp³-hybridized carbons (Fsp3) is 0.333. The molecule has 1 fully saturated rings. The van der Waals surface area contributed by atoms with E-state index in [1.54, 1.807) is 36.3 Å². The number of benzene rings is 2. The molecule has 2 aliphatic rings. The zero-order valence-corrected chi connectivity index (χ0v) is 16.6. The monoisotopic (exact) mass is 417 g/mol. The number of carbonyl (C=O) groups excluding carboxylic acids is 2. The SMILES string of the molecule is COc1ccccc1N1C[C@@H](C(=O)OCc2cc(Cl)cc3c2OCOC3)CC1=O. The van der Waals surface area contributed by atoms with Gasteiger partial charge in [0, 0.05) is 29.1 Å². The fourth-order valence-corrected chi connectivity index (χ4v) is 3.85. The van der Waals surface area contributed by atoms with Crippen LogP contribution in [-0.4, -0.2) is 32.3 Å². The van der Waals surface area contributed by atoms with Crippen LogP contribution in [0, 0.1) is 5.92 Å². The van der Waals surface area contributed by atoms with Gasteiger partial charge in [0.25, 0.3) is 0 Å². The maximum atomic E-state index is 12.6. The highest BCUT2D eigenvalue weighted by atomic mass is 35.5. The van der Waals surface area contributed by atoms with Gasteiger partial charge >= 0.3 is 5.97 Å². The summed E-state index contributed by atoms with van der Waals surface area (Å²) in [6, 6.07) is 10.7. The van der Waals surface area contributed by atoms with Crippen LogP contribution >= 0.6 is 11.6 Å². The lowest BCUT2D eigenvalue weighted by atomic mass is 10.1. The van der Waals surface area contributed by atoms with Gasteiger partial charge < -0.3 is 23.8 Å². The van der Waals surface area contributed by atoms with Gasteiger partial charge in [-0.2, -0.15) is 0 Å². The molecule has 1 amide bonds. The first-order valence-electron chi connectivity index (χ1n) is 9.18. The van der Waals surface area contributed by atoms with Gasteiger partial charge in [0.15, 0.2) is 6.79 Å². The number of rotatable bonds is 5. The fourth-order valence-electron chi connectivity index (χ4n) is 3.58. The van der Waals surface area contributed by atoms with Crippen molar-refractivity contribution in [3.63, 3.8) is 0 Å². The van der Waals surface area contributed by atoms with E-state index in [-0.39, 0.29) is 32.3 Å². The Hall–Kier alpha value is -2.77. The van der Waals surface area contributed by atoms with Crippen LogP contribution in [0.25, 0.3) is 0 Å². The molecule has 0 aliphatic carbocycles. The molecule has 0 bridgehead atoms. The molecule has 0 radical (unpaired) electrons. The van der Waals surface area contributed by atoms with Crippen molar-refractivity contribution in [1.82, 2.24) is 0 Å². The third-order valence-corrected chi connectivity index (χ3v) is 5.17. The van der Waals surface area contributed by atoms with E-state index in [1.165, 1.54) is 0 Å². The number of hydrogen-bond acceptors (Lipinski definition) is 6. The standard InChI is InChI=1S/C21H20ClNO6/c1-26-18-5-3-2-4-17(18)23-9-13(8-19(23)24)21(25)28-11-15-7-16(22)6-14-10-27-12-29-20(14)15/h2-7,13H,8-12H2,1H3/t13-/m0/s1. The van der Waals surface area contributed by atoms with Crippen LogP contribution in [0.15, 0.2) is 36.4 Å². The van der Waals surface area contributed by atoms with Crippen LogP contribution in [0.1, 0.15) is 17.5 Å². The normalized spacial score (nSPS) is 18.2. The van der Waals surface area contributed by atoms with Crippen molar-refractivity contribution < 1.29 is 28.5 Å². The highest BCUT2D eigenvalue weighted by Gasteiger charge is 2.37. The zero-order chi connectivity index (χ0) is 20.4. The minimum absolute atomic E-state index is 0.0150. The maximum absolute atomic E-state index is 12.6. The largest absolute Gasteiger partial charge is 0.495 e. The molecule has 2 aliphatic heterocycles. The quantitative estimate of drug-likeness (QED) is 0.695. The molecule has 8 heteroatoms. The number of methoxy groups -OCH3 is 1. The third-order valence-electron chi connectivity index (χ3n) is 4.96. The molecular formula is C21H20ClNO6. The van der Waals surface area contributed by atoms with Crippen LogP contribution in [0.3, 0.4) is 0 Å². The average Bonchev–Trinajstić information content (AvgIpc) is 3.13. The first-order valence-corrected chi connectivity index (χ1v) is 9.56. The number of fused-ring (bicyclic) bond motifs is 1. The lowest BCUT2D eigenvalue weighted by molar-refractivity contribution is -0.149. The molecule has 29 heavy (non-hydrogen) atoms. The predicted molar refractivity (Wildman–Crippen MR) is 105 cm³/mol. The molecule has 152 valence electrons. The summed E-state index contributed by atoms with van der Waals surface area (Å²) in [5, 5.41) is 0.516. The van der Waals surface area contributed by atoms with E-state index in [0.29, 0.717) is 34.4 Å². The Bertz CT molecular complexity index is 947. The first kappa shape index (κ1) is 19.5. The van der Waals surface area contributed by atoms with Crippen molar-refractivity contribution in [3.8, 4) is 11.5 Å². The molecule has 0 aromatic heterocycles. The molecular weight excluding hydrogens is 398 g/mol. The van der Waals surface area contributed by atoms with E-state index in [9.17, 15) is 9.59 Å². The minimum atomic E-state index is -0.549. The number of halogens is 1. The Morgan fingerprint density at radius 2 is 2.14 bits per heavy atom. The summed E-state index contributed by atoms with van der Waals surface area (Å²) in [6.45, 7) is 0.791. The van der Waals surface area contributed by atoms with Gasteiger partial charge in [-0.05, 0) is 24.3 Å². The summed E-state index contributed by atoms with van der Waals surface area (Å²) in [6.07, 6.45) is 0.0921. The van der Waals surface area contributed by atoms with Crippen LogP contribution in [0.5, 0.6) is 11.5 Å². The number of hydrogen-bond donors (Lipinski definition) is 0. The van der Waals surface area contributed by atoms with Crippen LogP contribution < -0.4 is 14.4 Å². The van der Waals surface area contributed by atoms with E-state index in [2.05, 4.69) is 0 Å². The Kier molecular flexibility index (Phi) is 5.60. The van der Waals surface area contributed by atoms with Gasteiger partial charge in [0.2, 0.25) is 5.91 Å². The lowest BCUT2D eigenvalue weighted by Crippen LogP contribution is -2.26. The molecule has 0 saturated carbocycles. The number of nitrogens with zero attached hydrogens (tertiary/aromatic N) is 1. The van der Waals surface area contributed by atoms with E-state index < -0.39 is 11.9 Å². The summed E-state index contributed by atoms with van der Waals surface area (Å²) >= 11 is 6.14. The Labute approximate surface area is 173 Å². The van der Waals surface area contributed by atoms with Gasteiger partial charge in [0.05, 0.1) is 25.3 Å². The molecule has 2 heterocycles. The average molecular weight is 418 g/mol. The molecule has 2 aromatic carbocycles. The van der Waals surface area contributed by atoms with Crippen molar-refractivity contribution >= 4 is 29.2 Å². The number of esters is 1. The summed E-state index contributed by atoms with van der Waals surface area (Å²) in [4.78, 5) is 26.7. The minimum Gasteiger partial charge on any atom is -0.495 e. The highest BCUT2D eigenvalue weighted by molar-refractivity contribution is 6.30. The van der Waals surface area contributed by atoms with Gasteiger partial charge in [-0.3, -0.25) is 9.59 Å². The third kappa shape index (κ3) is 4.02. The Morgan fingerprint density at radius 3 is 2.97 bits per heavy atom. The van der Waals surface area contributed by atoms with Gasteiger partial charge in [-0.15, -0.1) is 0 Å². The van der Waals surface area contributed by atoms with Crippen LogP contribution in [0.4, 0.5) is 5.69 Å². The summed E-state index contributed by atoms with van der Waals surface area (Å²) in [5.74, 6) is 0.0895.